The van der Waals surface area contributed by atoms with Gasteiger partial charge in [0.2, 0.25) is 5.91 Å². The number of carbonyl (C=O) groups excluding carboxylic acids is 1. The second-order valence-electron chi connectivity index (χ2n) is 6.61. The van der Waals surface area contributed by atoms with Crippen molar-refractivity contribution >= 4 is 17.7 Å². The zero-order chi connectivity index (χ0) is 18.9. The van der Waals surface area contributed by atoms with Crippen LogP contribution in [0.1, 0.15) is 23.7 Å². The minimum atomic E-state index is -0.504. The summed E-state index contributed by atoms with van der Waals surface area (Å²) in [5.41, 5.74) is 2.55. The van der Waals surface area contributed by atoms with Gasteiger partial charge in [-0.05, 0) is 35.8 Å². The Bertz CT molecular complexity index is 738. The third-order valence-corrected chi connectivity index (χ3v) is 4.61. The van der Waals surface area contributed by atoms with Gasteiger partial charge in [0.15, 0.2) is 0 Å². The van der Waals surface area contributed by atoms with E-state index in [2.05, 4.69) is 10.2 Å². The molecule has 1 amide bonds. The summed E-state index contributed by atoms with van der Waals surface area (Å²) < 4.78 is 5.33. The van der Waals surface area contributed by atoms with Crippen molar-refractivity contribution in [2.45, 2.75) is 12.5 Å². The zero-order valence-electron chi connectivity index (χ0n) is 15.4. The van der Waals surface area contributed by atoms with Crippen molar-refractivity contribution in [2.24, 2.45) is 0 Å². The van der Waals surface area contributed by atoms with Crippen molar-refractivity contribution < 1.29 is 14.6 Å². The predicted octanol–water partition coefficient (Wildman–Crippen LogP) is 3.09. The van der Waals surface area contributed by atoms with E-state index in [0.29, 0.717) is 12.1 Å². The van der Waals surface area contributed by atoms with Crippen LogP contribution in [0.5, 0.6) is 0 Å². The van der Waals surface area contributed by atoms with Crippen LogP contribution in [-0.2, 0) is 9.53 Å². The number of carbonyl (C=O) groups is 1. The van der Waals surface area contributed by atoms with Crippen LogP contribution < -0.4 is 5.32 Å². The smallest absolute Gasteiger partial charge is 0.248 e. The van der Waals surface area contributed by atoms with Crippen molar-refractivity contribution in [3.05, 3.63) is 71.8 Å². The molecule has 0 aliphatic carbocycles. The lowest BCUT2D eigenvalue weighted by Crippen LogP contribution is -2.37. The molecule has 27 heavy (non-hydrogen) atoms. The summed E-state index contributed by atoms with van der Waals surface area (Å²) in [6, 6.07) is 17.0. The Labute approximate surface area is 160 Å². The van der Waals surface area contributed by atoms with Crippen molar-refractivity contribution in [3.8, 4) is 0 Å². The first kappa shape index (κ1) is 19.3. The molecule has 2 N–H and O–H groups in total. The highest BCUT2D eigenvalue weighted by Gasteiger charge is 2.13. The molecule has 5 nitrogen and oxygen atoms in total. The van der Waals surface area contributed by atoms with Gasteiger partial charge in [0.05, 0.1) is 19.3 Å². The van der Waals surface area contributed by atoms with Crippen LogP contribution >= 0.6 is 0 Å². The summed E-state index contributed by atoms with van der Waals surface area (Å²) in [7, 11) is 0. The monoisotopic (exact) mass is 366 g/mol. The first-order chi connectivity index (χ1) is 13.2. The average molecular weight is 366 g/mol. The number of benzene rings is 2. The Morgan fingerprint density at radius 3 is 2.52 bits per heavy atom. The number of amides is 1. The topological polar surface area (TPSA) is 61.8 Å². The van der Waals surface area contributed by atoms with Gasteiger partial charge in [0.25, 0.3) is 0 Å². The highest BCUT2D eigenvalue weighted by molar-refractivity contribution is 6.01. The average Bonchev–Trinajstić information content (AvgIpc) is 2.72. The number of ether oxygens (including phenoxy) is 1. The second-order valence-corrected chi connectivity index (χ2v) is 6.61. The molecule has 1 atom stereocenters. The van der Waals surface area contributed by atoms with Crippen molar-refractivity contribution in [2.75, 3.05) is 38.2 Å². The molecule has 0 bridgehead atoms. The van der Waals surface area contributed by atoms with Crippen LogP contribution in [0.4, 0.5) is 5.69 Å². The van der Waals surface area contributed by atoms with E-state index in [0.717, 1.165) is 44.0 Å². The molecule has 3 rings (SSSR count). The third-order valence-electron chi connectivity index (χ3n) is 4.61. The van der Waals surface area contributed by atoms with Crippen LogP contribution in [0, 0.1) is 0 Å². The number of hydrogen-bond donors (Lipinski definition) is 2. The van der Waals surface area contributed by atoms with Gasteiger partial charge in [0.1, 0.15) is 0 Å². The summed E-state index contributed by atoms with van der Waals surface area (Å²) in [5.74, 6) is -0.181. The van der Waals surface area contributed by atoms with Crippen molar-refractivity contribution in [1.82, 2.24) is 4.90 Å². The highest BCUT2D eigenvalue weighted by Crippen LogP contribution is 2.20. The Morgan fingerprint density at radius 1 is 1.11 bits per heavy atom. The van der Waals surface area contributed by atoms with E-state index in [1.807, 2.05) is 54.6 Å². The van der Waals surface area contributed by atoms with Crippen molar-refractivity contribution in [1.29, 1.82) is 0 Å². The number of aliphatic hydroxyl groups is 1. The molecule has 142 valence electrons. The largest absolute Gasteiger partial charge is 0.388 e. The second kappa shape index (κ2) is 10.0. The normalized spacial score (nSPS) is 16.3. The Balaban J connectivity index is 1.47. The van der Waals surface area contributed by atoms with E-state index < -0.39 is 6.10 Å². The Hall–Kier alpha value is -2.47. The fourth-order valence-electron chi connectivity index (χ4n) is 3.00. The van der Waals surface area contributed by atoms with E-state index in [4.69, 9.17) is 4.74 Å². The fourth-order valence-corrected chi connectivity index (χ4v) is 3.00. The van der Waals surface area contributed by atoms with Crippen molar-refractivity contribution in [3.63, 3.8) is 0 Å². The SMILES string of the molecule is O=C(/C=C/c1ccccc1)Nc1ccc(C(O)CCN2CCOCC2)cc1. The summed E-state index contributed by atoms with van der Waals surface area (Å²) in [6.07, 6.45) is 3.47. The van der Waals surface area contributed by atoms with E-state index in [1.54, 1.807) is 6.08 Å². The predicted molar refractivity (Wildman–Crippen MR) is 107 cm³/mol. The number of nitrogens with zero attached hydrogens (tertiary/aromatic N) is 1. The quantitative estimate of drug-likeness (QED) is 0.739. The van der Waals surface area contributed by atoms with E-state index in [-0.39, 0.29) is 5.91 Å². The number of rotatable bonds is 7. The summed E-state index contributed by atoms with van der Waals surface area (Å²) in [4.78, 5) is 14.3. The summed E-state index contributed by atoms with van der Waals surface area (Å²) >= 11 is 0. The number of anilines is 1. The summed E-state index contributed by atoms with van der Waals surface area (Å²) in [5, 5.41) is 13.2. The zero-order valence-corrected chi connectivity index (χ0v) is 15.4. The molecule has 2 aromatic rings. The molecule has 0 spiro atoms. The molecule has 1 saturated heterocycles. The Kier molecular flexibility index (Phi) is 7.16. The lowest BCUT2D eigenvalue weighted by molar-refractivity contribution is -0.111. The van der Waals surface area contributed by atoms with E-state index >= 15 is 0 Å². The molecular weight excluding hydrogens is 340 g/mol. The molecular formula is C22H26N2O3. The van der Waals surface area contributed by atoms with E-state index in [9.17, 15) is 9.90 Å². The van der Waals surface area contributed by atoms with Crippen LogP contribution in [0.2, 0.25) is 0 Å². The molecule has 1 aliphatic heterocycles. The number of aliphatic hydroxyl groups excluding tert-OH is 1. The molecule has 1 aliphatic rings. The molecule has 2 aromatic carbocycles. The number of morpholine rings is 1. The standard InChI is InChI=1S/C22H26N2O3/c25-21(12-13-24-14-16-27-17-15-24)19-7-9-20(10-8-19)23-22(26)11-6-18-4-2-1-3-5-18/h1-11,21,25H,12-17H2,(H,23,26)/b11-6+. The lowest BCUT2D eigenvalue weighted by atomic mass is 10.1. The molecule has 1 unspecified atom stereocenters. The molecule has 0 aromatic heterocycles. The molecule has 5 heteroatoms. The van der Waals surface area contributed by atoms with Gasteiger partial charge in [-0.3, -0.25) is 9.69 Å². The maximum atomic E-state index is 12.0. The highest BCUT2D eigenvalue weighted by atomic mass is 16.5. The lowest BCUT2D eigenvalue weighted by Gasteiger charge is -2.27. The van der Waals surface area contributed by atoms with Crippen LogP contribution in [0.15, 0.2) is 60.7 Å². The van der Waals surface area contributed by atoms with Crippen LogP contribution in [0.3, 0.4) is 0 Å². The third kappa shape index (κ3) is 6.32. The van der Waals surface area contributed by atoms with Gasteiger partial charge in [-0.1, -0.05) is 42.5 Å². The minimum absolute atomic E-state index is 0.181. The van der Waals surface area contributed by atoms with Gasteiger partial charge < -0.3 is 15.2 Å². The van der Waals surface area contributed by atoms with E-state index in [1.165, 1.54) is 6.08 Å². The van der Waals surface area contributed by atoms with Crippen LogP contribution in [-0.4, -0.2) is 48.8 Å². The maximum absolute atomic E-state index is 12.0. The van der Waals surface area contributed by atoms with Crippen LogP contribution in [0.25, 0.3) is 6.08 Å². The Morgan fingerprint density at radius 2 is 1.81 bits per heavy atom. The fraction of sp³-hybridized carbons (Fsp3) is 0.318. The maximum Gasteiger partial charge on any atom is 0.248 e. The molecule has 1 heterocycles. The first-order valence-corrected chi connectivity index (χ1v) is 9.33. The first-order valence-electron chi connectivity index (χ1n) is 9.33. The molecule has 0 radical (unpaired) electrons. The van der Waals surface area contributed by atoms with Gasteiger partial charge in [0, 0.05) is 31.4 Å². The number of nitrogens with one attached hydrogen (secondary N) is 1. The van der Waals surface area contributed by atoms with Gasteiger partial charge in [-0.15, -0.1) is 0 Å². The van der Waals surface area contributed by atoms with Gasteiger partial charge in [-0.25, -0.2) is 0 Å². The number of hydrogen-bond acceptors (Lipinski definition) is 4. The molecule has 0 saturated carbocycles. The molecule has 1 fully saturated rings. The minimum Gasteiger partial charge on any atom is -0.388 e. The summed E-state index contributed by atoms with van der Waals surface area (Å²) in [6.45, 7) is 4.24. The van der Waals surface area contributed by atoms with Gasteiger partial charge in [-0.2, -0.15) is 0 Å². The van der Waals surface area contributed by atoms with Gasteiger partial charge >= 0.3 is 0 Å².